The summed E-state index contributed by atoms with van der Waals surface area (Å²) in [4.78, 5) is 18.4. The van der Waals surface area contributed by atoms with Crippen molar-refractivity contribution in [2.45, 2.75) is 18.9 Å². The monoisotopic (exact) mass is 537 g/mol. The number of halogens is 1. The molecule has 1 heterocycles. The van der Waals surface area contributed by atoms with Crippen LogP contribution in [0.25, 0.3) is 0 Å². The van der Waals surface area contributed by atoms with Gasteiger partial charge in [-0.1, -0.05) is 30.3 Å². The van der Waals surface area contributed by atoms with Gasteiger partial charge in [0.05, 0.1) is 0 Å². The Morgan fingerprint density at radius 2 is 2.00 bits per heavy atom. The molecule has 7 nitrogen and oxygen atoms in total. The van der Waals surface area contributed by atoms with E-state index in [9.17, 15) is 4.79 Å². The average molecular weight is 537 g/mol. The van der Waals surface area contributed by atoms with Crippen molar-refractivity contribution in [2.24, 2.45) is 4.99 Å². The molecule has 0 aromatic heterocycles. The molecule has 0 spiro atoms. The molecule has 2 aromatic carbocycles. The topological polar surface area (TPSA) is 78.0 Å². The number of anilines is 1. The maximum atomic E-state index is 12.0. The molecule has 0 radical (unpaired) electrons. The summed E-state index contributed by atoms with van der Waals surface area (Å²) < 4.78 is 5.81. The van der Waals surface area contributed by atoms with E-state index in [0.29, 0.717) is 32.1 Å². The highest BCUT2D eigenvalue weighted by Gasteiger charge is 2.24. The zero-order valence-corrected chi connectivity index (χ0v) is 20.7. The first-order valence-electron chi connectivity index (χ1n) is 10.2. The molecular weight excluding hydrogens is 505 g/mol. The van der Waals surface area contributed by atoms with E-state index in [2.05, 4.69) is 38.0 Å². The van der Waals surface area contributed by atoms with Crippen molar-refractivity contribution in [3.63, 3.8) is 0 Å². The molecule has 0 saturated carbocycles. The fourth-order valence-corrected chi connectivity index (χ4v) is 3.40. The Bertz CT molecular complexity index is 888. The Labute approximate surface area is 201 Å². The largest absolute Gasteiger partial charge is 0.492 e. The predicted octanol–water partition coefficient (Wildman–Crippen LogP) is 3.04. The molecule has 1 amide bonds. The number of benzene rings is 2. The molecule has 1 aliphatic rings. The number of para-hydroxylation sites is 1. The molecule has 0 bridgehead atoms. The number of nitrogens with one attached hydrogen (secondary N) is 3. The molecule has 0 aliphatic carbocycles. The van der Waals surface area contributed by atoms with E-state index in [1.54, 1.807) is 7.05 Å². The number of guanidine groups is 1. The highest BCUT2D eigenvalue weighted by atomic mass is 127. The molecule has 31 heavy (non-hydrogen) atoms. The van der Waals surface area contributed by atoms with Gasteiger partial charge < -0.3 is 25.6 Å². The van der Waals surface area contributed by atoms with Crippen LogP contribution in [0.2, 0.25) is 0 Å². The SMILES string of the molecule is CN=C(NCc1cccc(OCCN(C)C)c1)NCC1CC(=O)Nc2ccccc21.I. The second-order valence-corrected chi connectivity index (χ2v) is 7.64. The van der Waals surface area contributed by atoms with Crippen LogP contribution in [0, 0.1) is 0 Å². The van der Waals surface area contributed by atoms with Crippen LogP contribution in [-0.4, -0.2) is 57.6 Å². The summed E-state index contributed by atoms with van der Waals surface area (Å²) in [5.74, 6) is 1.73. The van der Waals surface area contributed by atoms with E-state index in [1.807, 2.05) is 50.5 Å². The van der Waals surface area contributed by atoms with Crippen molar-refractivity contribution in [2.75, 3.05) is 46.2 Å². The first kappa shape index (κ1) is 24.9. The van der Waals surface area contributed by atoms with Crippen molar-refractivity contribution < 1.29 is 9.53 Å². The molecule has 3 rings (SSSR count). The smallest absolute Gasteiger partial charge is 0.225 e. The Morgan fingerprint density at radius 1 is 1.19 bits per heavy atom. The van der Waals surface area contributed by atoms with Gasteiger partial charge in [0.2, 0.25) is 5.91 Å². The molecule has 8 heteroatoms. The van der Waals surface area contributed by atoms with Gasteiger partial charge in [0.15, 0.2) is 5.96 Å². The summed E-state index contributed by atoms with van der Waals surface area (Å²) in [6.07, 6.45) is 0.466. The molecule has 1 unspecified atom stereocenters. The summed E-state index contributed by atoms with van der Waals surface area (Å²) in [5.41, 5.74) is 3.17. The number of amides is 1. The highest BCUT2D eigenvalue weighted by Crippen LogP contribution is 2.31. The van der Waals surface area contributed by atoms with Crippen LogP contribution in [-0.2, 0) is 11.3 Å². The lowest BCUT2D eigenvalue weighted by atomic mass is 9.90. The number of ether oxygens (including phenoxy) is 1. The molecule has 0 saturated heterocycles. The standard InChI is InChI=1S/C23H31N5O2.HI/c1-24-23(25-15-17-7-6-8-19(13-17)30-12-11-28(2)3)26-16-18-14-22(29)27-21-10-5-4-9-20(18)21;/h4-10,13,18H,11-12,14-16H2,1-3H3,(H,27,29)(H2,24,25,26);1H. The van der Waals surface area contributed by atoms with Crippen molar-refractivity contribution in [1.29, 1.82) is 0 Å². The minimum Gasteiger partial charge on any atom is -0.492 e. The third-order valence-electron chi connectivity index (χ3n) is 5.01. The number of fused-ring (bicyclic) bond motifs is 1. The van der Waals surface area contributed by atoms with Crippen LogP contribution in [0.4, 0.5) is 5.69 Å². The van der Waals surface area contributed by atoms with E-state index in [1.165, 1.54) is 0 Å². The lowest BCUT2D eigenvalue weighted by Crippen LogP contribution is -2.40. The number of carbonyl (C=O) groups excluding carboxylic acids is 1. The third-order valence-corrected chi connectivity index (χ3v) is 5.01. The van der Waals surface area contributed by atoms with E-state index in [0.717, 1.165) is 29.1 Å². The van der Waals surface area contributed by atoms with Gasteiger partial charge in [-0.3, -0.25) is 9.79 Å². The Balaban J connectivity index is 0.00000341. The molecule has 1 aliphatic heterocycles. The average Bonchev–Trinajstić information content (AvgIpc) is 2.73. The molecule has 3 N–H and O–H groups in total. The molecule has 1 atom stereocenters. The van der Waals surface area contributed by atoms with Gasteiger partial charge in [0.25, 0.3) is 0 Å². The Kier molecular flexibility index (Phi) is 10.1. The first-order chi connectivity index (χ1) is 14.5. The maximum absolute atomic E-state index is 12.0. The fourth-order valence-electron chi connectivity index (χ4n) is 3.40. The zero-order chi connectivity index (χ0) is 21.3. The Hall–Kier alpha value is -2.33. The predicted molar refractivity (Wildman–Crippen MR) is 137 cm³/mol. The van der Waals surface area contributed by atoms with Gasteiger partial charge in [-0.05, 0) is 43.4 Å². The Morgan fingerprint density at radius 3 is 2.77 bits per heavy atom. The van der Waals surface area contributed by atoms with Crippen LogP contribution < -0.4 is 20.7 Å². The fraction of sp³-hybridized carbons (Fsp3) is 0.391. The second-order valence-electron chi connectivity index (χ2n) is 7.64. The molecule has 2 aromatic rings. The molecular formula is C23H32IN5O2. The van der Waals surface area contributed by atoms with E-state index >= 15 is 0 Å². The van der Waals surface area contributed by atoms with E-state index in [4.69, 9.17) is 4.74 Å². The van der Waals surface area contributed by atoms with Crippen LogP contribution in [0.15, 0.2) is 53.5 Å². The minimum atomic E-state index is 0. The number of hydrogen-bond acceptors (Lipinski definition) is 4. The van der Waals surface area contributed by atoms with Crippen LogP contribution in [0.5, 0.6) is 5.75 Å². The molecule has 168 valence electrons. The first-order valence-corrected chi connectivity index (χ1v) is 10.2. The van der Waals surface area contributed by atoms with Crippen LogP contribution in [0.1, 0.15) is 23.5 Å². The summed E-state index contributed by atoms with van der Waals surface area (Å²) in [6, 6.07) is 16.0. The van der Waals surface area contributed by atoms with Crippen molar-refractivity contribution in [1.82, 2.24) is 15.5 Å². The number of likely N-dealkylation sites (N-methyl/N-ethyl adjacent to an activating group) is 1. The van der Waals surface area contributed by atoms with Gasteiger partial charge in [-0.25, -0.2) is 0 Å². The van der Waals surface area contributed by atoms with Crippen molar-refractivity contribution in [3.8, 4) is 5.75 Å². The summed E-state index contributed by atoms with van der Waals surface area (Å²) in [5, 5.41) is 9.63. The van der Waals surface area contributed by atoms with Gasteiger partial charge in [-0.2, -0.15) is 0 Å². The van der Waals surface area contributed by atoms with Gasteiger partial charge in [-0.15, -0.1) is 24.0 Å². The van der Waals surface area contributed by atoms with Crippen molar-refractivity contribution >= 4 is 41.5 Å². The van der Waals surface area contributed by atoms with Gasteiger partial charge >= 0.3 is 0 Å². The summed E-state index contributed by atoms with van der Waals surface area (Å²) in [7, 11) is 5.80. The highest BCUT2D eigenvalue weighted by molar-refractivity contribution is 14.0. The van der Waals surface area contributed by atoms with Crippen LogP contribution in [0.3, 0.4) is 0 Å². The quantitative estimate of drug-likeness (QED) is 0.274. The molecule has 0 fully saturated rings. The summed E-state index contributed by atoms with van der Waals surface area (Å²) >= 11 is 0. The summed E-state index contributed by atoms with van der Waals surface area (Å²) in [6.45, 7) is 2.80. The number of rotatable bonds is 8. The number of hydrogen-bond donors (Lipinski definition) is 3. The number of aliphatic imine (C=N–C) groups is 1. The van der Waals surface area contributed by atoms with E-state index in [-0.39, 0.29) is 35.8 Å². The third kappa shape index (κ3) is 7.70. The minimum absolute atomic E-state index is 0. The van der Waals surface area contributed by atoms with Crippen LogP contribution >= 0.6 is 24.0 Å². The lowest BCUT2D eigenvalue weighted by Gasteiger charge is -2.26. The van der Waals surface area contributed by atoms with Gasteiger partial charge in [0, 0.05) is 44.7 Å². The van der Waals surface area contributed by atoms with Gasteiger partial charge in [0.1, 0.15) is 12.4 Å². The lowest BCUT2D eigenvalue weighted by molar-refractivity contribution is -0.116. The van der Waals surface area contributed by atoms with Crippen molar-refractivity contribution in [3.05, 3.63) is 59.7 Å². The number of carbonyl (C=O) groups is 1. The normalized spacial score (nSPS) is 15.5. The second kappa shape index (κ2) is 12.5. The maximum Gasteiger partial charge on any atom is 0.225 e. The zero-order valence-electron chi connectivity index (χ0n) is 18.4. The number of nitrogens with zero attached hydrogens (tertiary/aromatic N) is 2. The van der Waals surface area contributed by atoms with E-state index < -0.39 is 0 Å².